The van der Waals surface area contributed by atoms with Crippen LogP contribution in [0.25, 0.3) is 0 Å². The van der Waals surface area contributed by atoms with E-state index in [0.29, 0.717) is 16.7 Å². The highest BCUT2D eigenvalue weighted by molar-refractivity contribution is 7.99. The lowest BCUT2D eigenvalue weighted by atomic mass is 10.3. The van der Waals surface area contributed by atoms with Gasteiger partial charge in [-0.2, -0.15) is 8.78 Å². The quantitative estimate of drug-likeness (QED) is 0.771. The van der Waals surface area contributed by atoms with Crippen molar-refractivity contribution in [1.29, 1.82) is 0 Å². The van der Waals surface area contributed by atoms with E-state index >= 15 is 0 Å². The number of thioether (sulfide) groups is 1. The van der Waals surface area contributed by atoms with E-state index in [0.717, 1.165) is 0 Å². The van der Waals surface area contributed by atoms with Gasteiger partial charge in [0.05, 0.1) is 12.0 Å². The zero-order chi connectivity index (χ0) is 9.84. The van der Waals surface area contributed by atoms with Gasteiger partial charge in [-0.1, -0.05) is 11.8 Å². The minimum atomic E-state index is -2.49. The van der Waals surface area contributed by atoms with Gasteiger partial charge >= 0.3 is 0 Å². The second-order valence-corrected chi connectivity index (χ2v) is 3.25. The van der Waals surface area contributed by atoms with Crippen LogP contribution < -0.4 is 4.74 Å². The molecule has 0 atom stereocenters. The maximum atomic E-state index is 12.0. The summed E-state index contributed by atoms with van der Waals surface area (Å²) < 4.78 is 28.8. The summed E-state index contributed by atoms with van der Waals surface area (Å²) in [6, 6.07) is 4.03. The predicted molar refractivity (Wildman–Crippen MR) is 46.5 cm³/mol. The highest BCUT2D eigenvalue weighted by Crippen LogP contribution is 2.35. The molecule has 5 heteroatoms. The maximum Gasteiger partial charge on any atom is 0.289 e. The molecule has 0 saturated heterocycles. The second kappa shape index (κ2) is 4.32. The van der Waals surface area contributed by atoms with E-state index in [4.69, 9.17) is 9.84 Å². The first-order valence-corrected chi connectivity index (χ1v) is 4.33. The van der Waals surface area contributed by atoms with Crippen molar-refractivity contribution >= 4 is 11.8 Å². The Morgan fingerprint density at radius 3 is 2.69 bits per heavy atom. The Morgan fingerprint density at radius 2 is 2.15 bits per heavy atom. The summed E-state index contributed by atoms with van der Waals surface area (Å²) in [6.07, 6.45) is 0. The van der Waals surface area contributed by atoms with Crippen molar-refractivity contribution in [3.05, 3.63) is 18.2 Å². The summed E-state index contributed by atoms with van der Waals surface area (Å²) in [5.74, 6) is -2.24. The molecule has 0 spiro atoms. The molecule has 0 heterocycles. The SMILES string of the molecule is COc1cc(O)ccc1SC(F)F. The van der Waals surface area contributed by atoms with Crippen LogP contribution in [-0.2, 0) is 0 Å². The number of alkyl halides is 2. The van der Waals surface area contributed by atoms with Crippen molar-refractivity contribution < 1.29 is 18.6 Å². The molecule has 13 heavy (non-hydrogen) atoms. The summed E-state index contributed by atoms with van der Waals surface area (Å²) in [7, 11) is 1.37. The monoisotopic (exact) mass is 206 g/mol. The Hall–Kier alpha value is -0.970. The highest BCUT2D eigenvalue weighted by atomic mass is 32.2. The Kier molecular flexibility index (Phi) is 3.36. The minimum Gasteiger partial charge on any atom is -0.508 e. The van der Waals surface area contributed by atoms with Gasteiger partial charge in [0.2, 0.25) is 0 Å². The molecule has 2 nitrogen and oxygen atoms in total. The lowest BCUT2D eigenvalue weighted by Crippen LogP contribution is -1.88. The Labute approximate surface area is 78.5 Å². The first-order valence-electron chi connectivity index (χ1n) is 3.45. The first-order chi connectivity index (χ1) is 6.13. The standard InChI is InChI=1S/C8H8F2O2S/c1-12-6-4-5(11)2-3-7(6)13-8(9)10/h2-4,8,11H,1H3. The van der Waals surface area contributed by atoms with E-state index in [-0.39, 0.29) is 11.5 Å². The predicted octanol–water partition coefficient (Wildman–Crippen LogP) is 2.72. The minimum absolute atomic E-state index is 0.00420. The third kappa shape index (κ3) is 2.77. The van der Waals surface area contributed by atoms with Crippen LogP contribution in [0.1, 0.15) is 0 Å². The van der Waals surface area contributed by atoms with Crippen molar-refractivity contribution in [2.75, 3.05) is 7.11 Å². The van der Waals surface area contributed by atoms with E-state index in [1.807, 2.05) is 0 Å². The molecule has 0 bridgehead atoms. The summed E-state index contributed by atoms with van der Waals surface area (Å²) in [6.45, 7) is 0. The fourth-order valence-electron chi connectivity index (χ4n) is 0.850. The van der Waals surface area contributed by atoms with Gasteiger partial charge in [-0.3, -0.25) is 0 Å². The molecule has 0 aliphatic carbocycles. The number of methoxy groups -OCH3 is 1. The molecule has 0 radical (unpaired) electrons. The molecule has 0 aliphatic rings. The van der Waals surface area contributed by atoms with E-state index in [1.165, 1.54) is 25.3 Å². The van der Waals surface area contributed by atoms with Gasteiger partial charge in [0.25, 0.3) is 5.76 Å². The van der Waals surface area contributed by atoms with Gasteiger partial charge in [0.15, 0.2) is 0 Å². The van der Waals surface area contributed by atoms with Crippen molar-refractivity contribution in [2.45, 2.75) is 10.7 Å². The van der Waals surface area contributed by atoms with E-state index < -0.39 is 5.76 Å². The summed E-state index contributed by atoms with van der Waals surface area (Å²) in [4.78, 5) is 0.315. The van der Waals surface area contributed by atoms with Gasteiger partial charge < -0.3 is 9.84 Å². The maximum absolute atomic E-state index is 12.0. The lowest BCUT2D eigenvalue weighted by molar-refractivity contribution is 0.251. The molecule has 0 aromatic heterocycles. The third-order valence-electron chi connectivity index (χ3n) is 1.36. The Balaban J connectivity index is 2.92. The number of ether oxygens (including phenoxy) is 1. The van der Waals surface area contributed by atoms with Crippen LogP contribution in [0.15, 0.2) is 23.1 Å². The summed E-state index contributed by atoms with van der Waals surface area (Å²) >= 11 is 0.389. The van der Waals surface area contributed by atoms with E-state index in [9.17, 15) is 8.78 Å². The average molecular weight is 206 g/mol. The Morgan fingerprint density at radius 1 is 1.46 bits per heavy atom. The molecule has 0 aliphatic heterocycles. The van der Waals surface area contributed by atoms with Crippen molar-refractivity contribution in [3.63, 3.8) is 0 Å². The zero-order valence-electron chi connectivity index (χ0n) is 6.83. The number of halogens is 2. The molecular formula is C8H8F2O2S. The second-order valence-electron chi connectivity index (χ2n) is 2.21. The smallest absolute Gasteiger partial charge is 0.289 e. The lowest BCUT2D eigenvalue weighted by Gasteiger charge is -2.07. The third-order valence-corrected chi connectivity index (χ3v) is 2.13. The molecule has 1 aromatic rings. The van der Waals surface area contributed by atoms with Crippen LogP contribution in [0, 0.1) is 0 Å². The number of hydrogen-bond acceptors (Lipinski definition) is 3. The van der Waals surface area contributed by atoms with Crippen LogP contribution in [0.3, 0.4) is 0 Å². The van der Waals surface area contributed by atoms with Crippen LogP contribution >= 0.6 is 11.8 Å². The molecule has 72 valence electrons. The largest absolute Gasteiger partial charge is 0.508 e. The number of phenolic OH excluding ortho intramolecular Hbond substituents is 1. The van der Waals surface area contributed by atoms with Gasteiger partial charge in [-0.25, -0.2) is 0 Å². The molecule has 0 fully saturated rings. The average Bonchev–Trinajstić information content (AvgIpc) is 2.07. The number of benzene rings is 1. The zero-order valence-corrected chi connectivity index (χ0v) is 7.65. The first kappa shape index (κ1) is 10.1. The van der Waals surface area contributed by atoms with Crippen LogP contribution in [0.4, 0.5) is 8.78 Å². The molecule has 0 unspecified atom stereocenters. The molecule has 0 saturated carbocycles. The molecule has 1 aromatic carbocycles. The molecule has 0 amide bonds. The number of hydrogen-bond donors (Lipinski definition) is 1. The topological polar surface area (TPSA) is 29.5 Å². The molecule has 1 rings (SSSR count). The number of phenols is 1. The molecular weight excluding hydrogens is 198 g/mol. The van der Waals surface area contributed by atoms with E-state index in [1.54, 1.807) is 0 Å². The van der Waals surface area contributed by atoms with Crippen LogP contribution in [0.2, 0.25) is 0 Å². The van der Waals surface area contributed by atoms with Gasteiger partial charge in [0, 0.05) is 6.07 Å². The number of aromatic hydroxyl groups is 1. The highest BCUT2D eigenvalue weighted by Gasteiger charge is 2.10. The Bertz CT molecular complexity index is 291. The van der Waals surface area contributed by atoms with Crippen LogP contribution in [-0.4, -0.2) is 18.0 Å². The van der Waals surface area contributed by atoms with Gasteiger partial charge in [0.1, 0.15) is 11.5 Å². The van der Waals surface area contributed by atoms with Crippen LogP contribution in [0.5, 0.6) is 11.5 Å². The summed E-state index contributed by atoms with van der Waals surface area (Å²) in [5, 5.41) is 9.03. The van der Waals surface area contributed by atoms with E-state index in [2.05, 4.69) is 0 Å². The molecule has 1 N–H and O–H groups in total. The van der Waals surface area contributed by atoms with Gasteiger partial charge in [-0.05, 0) is 12.1 Å². The van der Waals surface area contributed by atoms with Crippen molar-refractivity contribution in [3.8, 4) is 11.5 Å². The fraction of sp³-hybridized carbons (Fsp3) is 0.250. The number of rotatable bonds is 3. The van der Waals surface area contributed by atoms with Crippen molar-refractivity contribution in [1.82, 2.24) is 0 Å². The van der Waals surface area contributed by atoms with Crippen molar-refractivity contribution in [2.24, 2.45) is 0 Å². The summed E-state index contributed by atoms with van der Waals surface area (Å²) in [5.41, 5.74) is 0. The normalized spacial score (nSPS) is 10.5. The fourth-order valence-corrected chi connectivity index (χ4v) is 1.45. The van der Waals surface area contributed by atoms with Gasteiger partial charge in [-0.15, -0.1) is 0 Å².